The van der Waals surface area contributed by atoms with E-state index < -0.39 is 17.8 Å². The molecule has 0 fully saturated rings. The van der Waals surface area contributed by atoms with E-state index in [4.69, 9.17) is 5.11 Å². The van der Waals surface area contributed by atoms with Gasteiger partial charge in [0, 0.05) is 6.20 Å². The van der Waals surface area contributed by atoms with Crippen LogP contribution in [0.3, 0.4) is 0 Å². The molecule has 1 heterocycles. The molecule has 0 amide bonds. The van der Waals surface area contributed by atoms with Crippen LogP contribution in [0.2, 0.25) is 0 Å². The van der Waals surface area contributed by atoms with Crippen LogP contribution in [0.4, 0.5) is 13.2 Å². The molecule has 0 aliphatic rings. The van der Waals surface area contributed by atoms with Gasteiger partial charge in [-0.1, -0.05) is 5.92 Å². The van der Waals surface area contributed by atoms with Gasteiger partial charge in [0.15, 0.2) is 0 Å². The third kappa shape index (κ3) is 3.26. The average molecular weight is 215 g/mol. The van der Waals surface area contributed by atoms with Crippen LogP contribution in [0.25, 0.3) is 0 Å². The maximum Gasteiger partial charge on any atom is 0.419 e. The summed E-state index contributed by atoms with van der Waals surface area (Å²) in [4.78, 5) is 3.51. The third-order valence-corrected chi connectivity index (χ3v) is 1.51. The first kappa shape index (κ1) is 11.5. The van der Waals surface area contributed by atoms with Crippen LogP contribution in [-0.4, -0.2) is 16.2 Å². The number of halogens is 3. The molecule has 2 nitrogen and oxygen atoms in total. The van der Waals surface area contributed by atoms with Crippen LogP contribution in [0.1, 0.15) is 18.2 Å². The van der Waals surface area contributed by atoms with Gasteiger partial charge in [0.25, 0.3) is 0 Å². The largest absolute Gasteiger partial charge is 0.419 e. The molecule has 0 spiro atoms. The van der Waals surface area contributed by atoms with E-state index in [1.165, 1.54) is 19.2 Å². The quantitative estimate of drug-likeness (QED) is 0.670. The highest BCUT2D eigenvalue weighted by atomic mass is 19.4. The molecule has 0 saturated heterocycles. The van der Waals surface area contributed by atoms with Crippen LogP contribution in [0.15, 0.2) is 18.3 Å². The summed E-state index contributed by atoms with van der Waals surface area (Å²) < 4.78 is 37.2. The molecular formula is C10H8F3NO. The first-order valence-corrected chi connectivity index (χ1v) is 4.13. The van der Waals surface area contributed by atoms with Gasteiger partial charge in [-0.3, -0.25) is 0 Å². The Kier molecular flexibility index (Phi) is 3.32. The summed E-state index contributed by atoms with van der Waals surface area (Å²) in [6, 6.07) is 2.09. The Bertz CT molecular complexity index is 401. The maximum atomic E-state index is 12.4. The molecule has 80 valence electrons. The molecule has 1 N–H and O–H groups in total. The smallest absolute Gasteiger partial charge is 0.381 e. The van der Waals surface area contributed by atoms with Gasteiger partial charge in [0.1, 0.15) is 11.8 Å². The van der Waals surface area contributed by atoms with Gasteiger partial charge in [-0.15, -0.1) is 0 Å². The monoisotopic (exact) mass is 215 g/mol. The van der Waals surface area contributed by atoms with Crippen molar-refractivity contribution in [2.24, 2.45) is 0 Å². The van der Waals surface area contributed by atoms with Crippen molar-refractivity contribution < 1.29 is 18.3 Å². The maximum absolute atomic E-state index is 12.4. The van der Waals surface area contributed by atoms with E-state index in [1.54, 1.807) is 0 Å². The zero-order valence-corrected chi connectivity index (χ0v) is 7.84. The average Bonchev–Trinajstić information content (AvgIpc) is 2.13. The summed E-state index contributed by atoms with van der Waals surface area (Å²) in [5, 5.41) is 8.82. The molecule has 1 rings (SSSR count). The zero-order chi connectivity index (χ0) is 11.5. The second kappa shape index (κ2) is 4.32. The zero-order valence-electron chi connectivity index (χ0n) is 7.84. The highest BCUT2D eigenvalue weighted by Crippen LogP contribution is 2.30. The Morgan fingerprint density at radius 1 is 1.47 bits per heavy atom. The predicted octanol–water partition coefficient (Wildman–Crippen LogP) is 1.83. The fourth-order valence-electron chi connectivity index (χ4n) is 0.906. The molecule has 5 heteroatoms. The molecule has 1 atom stereocenters. The second-order valence-corrected chi connectivity index (χ2v) is 2.84. The number of hydrogen-bond donors (Lipinski definition) is 1. The summed E-state index contributed by atoms with van der Waals surface area (Å²) >= 11 is 0. The molecule has 0 bridgehead atoms. The molecule has 1 unspecified atom stereocenters. The number of nitrogens with zero attached hydrogens (tertiary/aromatic N) is 1. The Balaban J connectivity index is 3.15. The van der Waals surface area contributed by atoms with Crippen LogP contribution in [0, 0.1) is 11.8 Å². The third-order valence-electron chi connectivity index (χ3n) is 1.51. The molecular weight excluding hydrogens is 207 g/mol. The molecule has 15 heavy (non-hydrogen) atoms. The van der Waals surface area contributed by atoms with Crippen molar-refractivity contribution in [3.05, 3.63) is 29.6 Å². The topological polar surface area (TPSA) is 33.1 Å². The van der Waals surface area contributed by atoms with Crippen LogP contribution in [0.5, 0.6) is 0 Å². The minimum atomic E-state index is -4.48. The number of alkyl halides is 3. The summed E-state index contributed by atoms with van der Waals surface area (Å²) in [6.45, 7) is 1.36. The number of aliphatic hydroxyl groups excluding tert-OH is 1. The van der Waals surface area contributed by atoms with Crippen molar-refractivity contribution in [3.63, 3.8) is 0 Å². The first-order valence-electron chi connectivity index (χ1n) is 4.13. The molecule has 0 saturated carbocycles. The molecule has 1 aromatic rings. The highest BCUT2D eigenvalue weighted by Gasteiger charge is 2.33. The van der Waals surface area contributed by atoms with Crippen molar-refractivity contribution in [1.82, 2.24) is 4.98 Å². The first-order chi connectivity index (χ1) is 6.91. The summed E-state index contributed by atoms with van der Waals surface area (Å²) in [7, 11) is 0. The summed E-state index contributed by atoms with van der Waals surface area (Å²) in [5.41, 5.74) is -1.26. The van der Waals surface area contributed by atoms with E-state index in [0.717, 1.165) is 6.07 Å². The van der Waals surface area contributed by atoms with E-state index >= 15 is 0 Å². The standard InChI is InChI=1S/C10H8F3NO/c1-7(15)4-5-9-8(10(11,12)13)3-2-6-14-9/h2-3,6-7,15H,1H3. The lowest BCUT2D eigenvalue weighted by atomic mass is 10.2. The lowest BCUT2D eigenvalue weighted by Gasteiger charge is -2.07. The summed E-state index contributed by atoms with van der Waals surface area (Å²) in [5.74, 6) is 4.41. The van der Waals surface area contributed by atoms with E-state index in [-0.39, 0.29) is 5.69 Å². The number of aromatic nitrogens is 1. The summed E-state index contributed by atoms with van der Waals surface area (Å²) in [6.07, 6.45) is -4.23. The number of pyridine rings is 1. The fraction of sp³-hybridized carbons (Fsp3) is 0.300. The van der Waals surface area contributed by atoms with Crippen molar-refractivity contribution in [1.29, 1.82) is 0 Å². The fourth-order valence-corrected chi connectivity index (χ4v) is 0.906. The Hall–Kier alpha value is -1.54. The Morgan fingerprint density at radius 3 is 2.67 bits per heavy atom. The van der Waals surface area contributed by atoms with Crippen molar-refractivity contribution in [3.8, 4) is 11.8 Å². The van der Waals surface area contributed by atoms with Gasteiger partial charge in [-0.2, -0.15) is 13.2 Å². The lowest BCUT2D eigenvalue weighted by Crippen LogP contribution is -2.09. The minimum absolute atomic E-state index is 0.370. The van der Waals surface area contributed by atoms with E-state index in [0.29, 0.717) is 0 Å². The Labute approximate surface area is 84.8 Å². The predicted molar refractivity (Wildman–Crippen MR) is 47.8 cm³/mol. The van der Waals surface area contributed by atoms with E-state index in [9.17, 15) is 13.2 Å². The van der Waals surface area contributed by atoms with Crippen LogP contribution < -0.4 is 0 Å². The number of rotatable bonds is 0. The molecule has 0 aliphatic carbocycles. The number of aliphatic hydroxyl groups is 1. The second-order valence-electron chi connectivity index (χ2n) is 2.84. The SMILES string of the molecule is CC(O)C#Cc1ncccc1C(F)(F)F. The molecule has 1 aromatic heterocycles. The van der Waals surface area contributed by atoms with Gasteiger partial charge >= 0.3 is 6.18 Å². The van der Waals surface area contributed by atoms with Crippen molar-refractivity contribution >= 4 is 0 Å². The molecule has 0 aliphatic heterocycles. The Morgan fingerprint density at radius 2 is 2.13 bits per heavy atom. The lowest BCUT2D eigenvalue weighted by molar-refractivity contribution is -0.138. The van der Waals surface area contributed by atoms with Gasteiger partial charge < -0.3 is 5.11 Å². The van der Waals surface area contributed by atoms with E-state index in [2.05, 4.69) is 16.8 Å². The molecule has 0 aromatic carbocycles. The van der Waals surface area contributed by atoms with Gasteiger partial charge in [0.05, 0.1) is 5.56 Å². The van der Waals surface area contributed by atoms with Gasteiger partial charge in [-0.25, -0.2) is 4.98 Å². The van der Waals surface area contributed by atoms with Crippen molar-refractivity contribution in [2.75, 3.05) is 0 Å². The van der Waals surface area contributed by atoms with Gasteiger partial charge in [-0.05, 0) is 25.0 Å². The number of hydrogen-bond acceptors (Lipinski definition) is 2. The minimum Gasteiger partial charge on any atom is -0.381 e. The van der Waals surface area contributed by atoms with E-state index in [1.807, 2.05) is 0 Å². The highest BCUT2D eigenvalue weighted by molar-refractivity contribution is 5.37. The molecule has 0 radical (unpaired) electrons. The van der Waals surface area contributed by atoms with Crippen molar-refractivity contribution in [2.45, 2.75) is 19.2 Å². The van der Waals surface area contributed by atoms with Gasteiger partial charge in [0.2, 0.25) is 0 Å². The van der Waals surface area contributed by atoms with Crippen LogP contribution in [-0.2, 0) is 6.18 Å². The van der Waals surface area contributed by atoms with Crippen LogP contribution >= 0.6 is 0 Å². The normalized spacial score (nSPS) is 12.9.